The lowest BCUT2D eigenvalue weighted by atomic mass is 10.0. The molecule has 1 amide bonds. The predicted molar refractivity (Wildman–Crippen MR) is 150 cm³/mol. The average molecular weight is 534 g/mol. The molecule has 6 rings (SSSR count). The second-order valence-electron chi connectivity index (χ2n) is 9.91. The van der Waals surface area contributed by atoms with Crippen molar-refractivity contribution in [3.63, 3.8) is 0 Å². The standard InChI is InChI=1S/C32H28FN5O2/c1-22-5-4-6-24(17-22)18-37-20-27(35-36-37)21-40-28-15-11-25(12-16-28)31-34-30-8-3-2-7-29(30)32(39)38(31)19-23-9-13-26(33)14-10-23/h2-17,20,31,34H,18-19,21H2,1H3. The van der Waals surface area contributed by atoms with E-state index in [9.17, 15) is 9.18 Å². The molecule has 2 heterocycles. The number of hydrogen-bond acceptors (Lipinski definition) is 5. The number of para-hydroxylation sites is 1. The number of rotatable bonds is 8. The van der Waals surface area contributed by atoms with Gasteiger partial charge in [0.1, 0.15) is 30.0 Å². The Bertz CT molecular complexity index is 1630. The summed E-state index contributed by atoms with van der Waals surface area (Å²) >= 11 is 0. The highest BCUT2D eigenvalue weighted by Gasteiger charge is 2.32. The summed E-state index contributed by atoms with van der Waals surface area (Å²) in [5.41, 5.74) is 6.24. The van der Waals surface area contributed by atoms with Crippen molar-refractivity contribution in [1.29, 1.82) is 0 Å². The van der Waals surface area contributed by atoms with Gasteiger partial charge in [-0.1, -0.05) is 71.4 Å². The van der Waals surface area contributed by atoms with Crippen LogP contribution in [0.15, 0.2) is 103 Å². The van der Waals surface area contributed by atoms with Gasteiger partial charge in [0, 0.05) is 12.2 Å². The fourth-order valence-corrected chi connectivity index (χ4v) is 4.89. The first-order valence-corrected chi connectivity index (χ1v) is 13.1. The Morgan fingerprint density at radius 3 is 2.50 bits per heavy atom. The van der Waals surface area contributed by atoms with E-state index in [1.807, 2.05) is 60.8 Å². The minimum Gasteiger partial charge on any atom is -0.487 e. The maximum absolute atomic E-state index is 13.5. The molecule has 5 aromatic rings. The van der Waals surface area contributed by atoms with Gasteiger partial charge in [0.05, 0.1) is 18.3 Å². The van der Waals surface area contributed by atoms with Gasteiger partial charge in [0.25, 0.3) is 5.91 Å². The number of aryl methyl sites for hydroxylation is 1. The Kier molecular flexibility index (Phi) is 6.97. The van der Waals surface area contributed by atoms with Crippen molar-refractivity contribution in [3.8, 4) is 5.75 Å². The molecule has 4 aromatic carbocycles. The Hall–Kier alpha value is -4.98. The highest BCUT2D eigenvalue weighted by Crippen LogP contribution is 2.34. The molecule has 1 atom stereocenters. The summed E-state index contributed by atoms with van der Waals surface area (Å²) in [6, 6.07) is 29.7. The van der Waals surface area contributed by atoms with E-state index in [1.54, 1.807) is 21.7 Å². The number of hydrogen-bond donors (Lipinski definition) is 1. The fourth-order valence-electron chi connectivity index (χ4n) is 4.89. The molecular weight excluding hydrogens is 505 g/mol. The fraction of sp³-hybridized carbons (Fsp3) is 0.156. The lowest BCUT2D eigenvalue weighted by molar-refractivity contribution is 0.0666. The van der Waals surface area contributed by atoms with E-state index < -0.39 is 6.17 Å². The van der Waals surface area contributed by atoms with E-state index in [0.29, 0.717) is 24.4 Å². The first-order valence-electron chi connectivity index (χ1n) is 13.1. The van der Waals surface area contributed by atoms with Crippen LogP contribution in [0, 0.1) is 12.7 Å². The Morgan fingerprint density at radius 1 is 0.900 bits per heavy atom. The predicted octanol–water partition coefficient (Wildman–Crippen LogP) is 6.12. The van der Waals surface area contributed by atoms with Gasteiger partial charge in [0.2, 0.25) is 0 Å². The Balaban J connectivity index is 1.15. The Labute approximate surface area is 231 Å². The highest BCUT2D eigenvalue weighted by atomic mass is 19.1. The molecule has 40 heavy (non-hydrogen) atoms. The van der Waals surface area contributed by atoms with Gasteiger partial charge in [-0.25, -0.2) is 9.07 Å². The summed E-state index contributed by atoms with van der Waals surface area (Å²) < 4.78 is 21.3. The number of carbonyl (C=O) groups excluding carboxylic acids is 1. The summed E-state index contributed by atoms with van der Waals surface area (Å²) in [7, 11) is 0. The van der Waals surface area contributed by atoms with E-state index in [4.69, 9.17) is 4.74 Å². The third-order valence-electron chi connectivity index (χ3n) is 6.88. The number of anilines is 1. The molecule has 200 valence electrons. The van der Waals surface area contributed by atoms with Crippen molar-refractivity contribution in [3.05, 3.63) is 143 Å². The van der Waals surface area contributed by atoms with Gasteiger partial charge in [-0.3, -0.25) is 4.79 Å². The number of halogens is 1. The minimum atomic E-state index is -0.400. The van der Waals surface area contributed by atoms with Crippen LogP contribution in [0.3, 0.4) is 0 Å². The van der Waals surface area contributed by atoms with Crippen molar-refractivity contribution in [2.45, 2.75) is 32.8 Å². The first kappa shape index (κ1) is 25.3. The van der Waals surface area contributed by atoms with Crippen LogP contribution in [0.2, 0.25) is 0 Å². The lowest BCUT2D eigenvalue weighted by Gasteiger charge is -2.38. The average Bonchev–Trinajstić information content (AvgIpc) is 3.42. The lowest BCUT2D eigenvalue weighted by Crippen LogP contribution is -2.42. The van der Waals surface area contributed by atoms with Crippen LogP contribution in [-0.4, -0.2) is 25.8 Å². The van der Waals surface area contributed by atoms with Crippen molar-refractivity contribution < 1.29 is 13.9 Å². The minimum absolute atomic E-state index is 0.0854. The zero-order valence-electron chi connectivity index (χ0n) is 22.0. The highest BCUT2D eigenvalue weighted by molar-refractivity contribution is 6.01. The van der Waals surface area contributed by atoms with Crippen LogP contribution in [0.5, 0.6) is 5.75 Å². The van der Waals surface area contributed by atoms with Crippen LogP contribution < -0.4 is 10.1 Å². The second-order valence-corrected chi connectivity index (χ2v) is 9.91. The summed E-state index contributed by atoms with van der Waals surface area (Å²) in [4.78, 5) is 15.3. The number of ether oxygens (including phenoxy) is 1. The molecule has 1 aliphatic heterocycles. The SMILES string of the molecule is Cc1cccc(Cn2cc(COc3ccc(C4Nc5ccccc5C(=O)N4Cc4ccc(F)cc4)cc3)nn2)c1. The maximum Gasteiger partial charge on any atom is 0.258 e. The van der Waals surface area contributed by atoms with E-state index in [2.05, 4.69) is 40.8 Å². The molecule has 8 heteroatoms. The molecule has 0 aliphatic carbocycles. The molecule has 7 nitrogen and oxygen atoms in total. The third-order valence-corrected chi connectivity index (χ3v) is 6.88. The van der Waals surface area contributed by atoms with Crippen LogP contribution in [-0.2, 0) is 19.7 Å². The van der Waals surface area contributed by atoms with Crippen LogP contribution in [0.4, 0.5) is 10.1 Å². The maximum atomic E-state index is 13.5. The second kappa shape index (κ2) is 11.0. The number of fused-ring (bicyclic) bond motifs is 1. The quantitative estimate of drug-likeness (QED) is 0.260. The molecular formula is C32H28FN5O2. The van der Waals surface area contributed by atoms with Crippen molar-refractivity contribution >= 4 is 11.6 Å². The molecule has 0 saturated carbocycles. The summed E-state index contributed by atoms with van der Waals surface area (Å²) in [5.74, 6) is 0.292. The molecule has 0 spiro atoms. The van der Waals surface area contributed by atoms with Gasteiger partial charge in [-0.2, -0.15) is 0 Å². The number of aromatic nitrogens is 3. The van der Waals surface area contributed by atoms with Gasteiger partial charge < -0.3 is 15.0 Å². The van der Waals surface area contributed by atoms with Gasteiger partial charge >= 0.3 is 0 Å². The topological polar surface area (TPSA) is 72.3 Å². The Morgan fingerprint density at radius 2 is 1.70 bits per heavy atom. The normalized spacial score (nSPS) is 14.5. The van der Waals surface area contributed by atoms with Crippen molar-refractivity contribution in [2.24, 2.45) is 0 Å². The molecule has 0 radical (unpaired) electrons. The summed E-state index contributed by atoms with van der Waals surface area (Å²) in [6.07, 6.45) is 1.49. The largest absolute Gasteiger partial charge is 0.487 e. The molecule has 0 saturated heterocycles. The number of carbonyl (C=O) groups is 1. The van der Waals surface area contributed by atoms with E-state index in [1.165, 1.54) is 23.3 Å². The number of nitrogens with one attached hydrogen (secondary N) is 1. The van der Waals surface area contributed by atoms with E-state index in [-0.39, 0.29) is 18.3 Å². The van der Waals surface area contributed by atoms with Gasteiger partial charge in [0.15, 0.2) is 0 Å². The van der Waals surface area contributed by atoms with Crippen LogP contribution >= 0.6 is 0 Å². The van der Waals surface area contributed by atoms with Crippen LogP contribution in [0.1, 0.15) is 44.5 Å². The van der Waals surface area contributed by atoms with Crippen LogP contribution in [0.25, 0.3) is 0 Å². The number of amides is 1. The number of nitrogens with zero attached hydrogens (tertiary/aromatic N) is 4. The molecule has 0 fully saturated rings. The van der Waals surface area contributed by atoms with Gasteiger partial charge in [-0.05, 0) is 60.0 Å². The molecule has 1 unspecified atom stereocenters. The van der Waals surface area contributed by atoms with E-state index >= 15 is 0 Å². The van der Waals surface area contributed by atoms with Crippen molar-refractivity contribution in [2.75, 3.05) is 5.32 Å². The molecule has 1 aromatic heterocycles. The first-order chi connectivity index (χ1) is 19.5. The van der Waals surface area contributed by atoms with Gasteiger partial charge in [-0.15, -0.1) is 5.10 Å². The van der Waals surface area contributed by atoms with Crippen molar-refractivity contribution in [1.82, 2.24) is 19.9 Å². The summed E-state index contributed by atoms with van der Waals surface area (Å²) in [6.45, 7) is 3.34. The molecule has 1 N–H and O–H groups in total. The number of benzene rings is 4. The monoisotopic (exact) mass is 533 g/mol. The molecule has 1 aliphatic rings. The zero-order valence-corrected chi connectivity index (χ0v) is 22.0. The third kappa shape index (κ3) is 5.56. The zero-order chi connectivity index (χ0) is 27.5. The van der Waals surface area contributed by atoms with E-state index in [0.717, 1.165) is 22.5 Å². The smallest absolute Gasteiger partial charge is 0.258 e. The summed E-state index contributed by atoms with van der Waals surface area (Å²) in [5, 5.41) is 12.0. The molecule has 0 bridgehead atoms.